The first-order chi connectivity index (χ1) is 9.70. The van der Waals surface area contributed by atoms with Crippen LogP contribution in [0.3, 0.4) is 0 Å². The van der Waals surface area contributed by atoms with Gasteiger partial charge in [-0.1, -0.05) is 0 Å². The van der Waals surface area contributed by atoms with Crippen molar-refractivity contribution in [2.75, 3.05) is 5.73 Å². The maximum absolute atomic E-state index is 13.6. The molecule has 0 saturated carbocycles. The van der Waals surface area contributed by atoms with Gasteiger partial charge in [0.1, 0.15) is 22.3 Å². The number of sulfonamides is 1. The van der Waals surface area contributed by atoms with Crippen molar-refractivity contribution in [1.82, 2.24) is 9.71 Å². The topological polar surface area (TPSA) is 98.2 Å². The SMILES string of the molecule is Cc1cnc(C(C)NS(=O)(=O)c2cc(N)c(F)cc2F)o1. The third kappa shape index (κ3) is 3.19. The minimum Gasteiger partial charge on any atom is -0.444 e. The molecule has 0 bridgehead atoms. The second-order valence-electron chi connectivity index (χ2n) is 4.46. The number of benzene rings is 1. The van der Waals surface area contributed by atoms with Gasteiger partial charge in [0.05, 0.1) is 17.9 Å². The van der Waals surface area contributed by atoms with Gasteiger partial charge in [0.25, 0.3) is 0 Å². The number of nitrogens with one attached hydrogen (secondary N) is 1. The molecule has 0 aliphatic rings. The molecule has 0 aliphatic heterocycles. The molecule has 0 radical (unpaired) electrons. The Morgan fingerprint density at radius 2 is 2.00 bits per heavy atom. The van der Waals surface area contributed by atoms with Crippen LogP contribution in [-0.2, 0) is 10.0 Å². The molecule has 3 N–H and O–H groups in total. The number of aromatic nitrogens is 1. The van der Waals surface area contributed by atoms with Gasteiger partial charge >= 0.3 is 0 Å². The summed E-state index contributed by atoms with van der Waals surface area (Å²) >= 11 is 0. The van der Waals surface area contributed by atoms with E-state index in [4.69, 9.17) is 10.2 Å². The van der Waals surface area contributed by atoms with Crippen molar-refractivity contribution in [1.29, 1.82) is 0 Å². The Morgan fingerprint density at radius 3 is 2.57 bits per heavy atom. The Hall–Kier alpha value is -2.00. The molecule has 1 atom stereocenters. The van der Waals surface area contributed by atoms with Crippen molar-refractivity contribution in [2.45, 2.75) is 24.8 Å². The quantitative estimate of drug-likeness (QED) is 0.839. The molecular formula is C12H13F2N3O3S. The molecule has 2 aromatic rings. The normalized spacial score (nSPS) is 13.3. The summed E-state index contributed by atoms with van der Waals surface area (Å²) < 4.78 is 58.3. The molecule has 6 nitrogen and oxygen atoms in total. The Bertz CT molecular complexity index is 774. The fourth-order valence-electron chi connectivity index (χ4n) is 1.67. The number of nitrogens with zero attached hydrogens (tertiary/aromatic N) is 1. The molecule has 0 spiro atoms. The van der Waals surface area contributed by atoms with Crippen molar-refractivity contribution in [3.8, 4) is 0 Å². The summed E-state index contributed by atoms with van der Waals surface area (Å²) in [7, 11) is -4.24. The summed E-state index contributed by atoms with van der Waals surface area (Å²) in [6.45, 7) is 3.13. The molecule has 0 aliphatic carbocycles. The maximum atomic E-state index is 13.6. The molecule has 2 rings (SSSR count). The van der Waals surface area contributed by atoms with E-state index in [0.717, 1.165) is 6.07 Å². The Kier molecular flexibility index (Phi) is 3.97. The Morgan fingerprint density at radius 1 is 1.33 bits per heavy atom. The van der Waals surface area contributed by atoms with Gasteiger partial charge in [-0.25, -0.2) is 22.2 Å². The van der Waals surface area contributed by atoms with Crippen molar-refractivity contribution < 1.29 is 21.6 Å². The van der Waals surface area contributed by atoms with Gasteiger partial charge in [-0.2, -0.15) is 4.72 Å². The summed E-state index contributed by atoms with van der Waals surface area (Å²) in [6, 6.07) is 0.319. The molecule has 114 valence electrons. The lowest BCUT2D eigenvalue weighted by Crippen LogP contribution is -2.28. The summed E-state index contributed by atoms with van der Waals surface area (Å²) in [5.41, 5.74) is 4.81. The number of aryl methyl sites for hydroxylation is 1. The molecule has 0 fully saturated rings. The smallest absolute Gasteiger partial charge is 0.244 e. The third-order valence-corrected chi connectivity index (χ3v) is 4.24. The standard InChI is InChI=1S/C12H13F2N3O3S/c1-6-5-16-12(20-6)7(2)17-21(18,19)11-4-10(15)8(13)3-9(11)14/h3-5,7,17H,15H2,1-2H3. The van der Waals surface area contributed by atoms with E-state index < -0.39 is 38.3 Å². The van der Waals surface area contributed by atoms with Crippen LogP contribution in [-0.4, -0.2) is 13.4 Å². The van der Waals surface area contributed by atoms with Crippen LogP contribution in [0.5, 0.6) is 0 Å². The number of halogens is 2. The lowest BCUT2D eigenvalue weighted by atomic mass is 10.3. The van der Waals surface area contributed by atoms with Gasteiger partial charge < -0.3 is 10.2 Å². The summed E-state index contributed by atoms with van der Waals surface area (Å²) in [5, 5.41) is 0. The van der Waals surface area contributed by atoms with E-state index in [1.54, 1.807) is 6.92 Å². The molecule has 21 heavy (non-hydrogen) atoms. The van der Waals surface area contributed by atoms with Crippen LogP contribution < -0.4 is 10.5 Å². The highest BCUT2D eigenvalue weighted by Gasteiger charge is 2.25. The summed E-state index contributed by atoms with van der Waals surface area (Å²) in [6.07, 6.45) is 1.43. The van der Waals surface area contributed by atoms with Crippen LogP contribution in [0.2, 0.25) is 0 Å². The lowest BCUT2D eigenvalue weighted by molar-refractivity contribution is 0.427. The molecule has 1 aromatic carbocycles. The molecule has 1 heterocycles. The summed E-state index contributed by atoms with van der Waals surface area (Å²) in [5.74, 6) is -1.62. The van der Waals surface area contributed by atoms with Crippen LogP contribution in [0.1, 0.15) is 24.6 Å². The van der Waals surface area contributed by atoms with Crippen LogP contribution >= 0.6 is 0 Å². The van der Waals surface area contributed by atoms with Crippen LogP contribution in [0.4, 0.5) is 14.5 Å². The van der Waals surface area contributed by atoms with Gasteiger partial charge in [0, 0.05) is 6.07 Å². The predicted octanol–water partition coefficient (Wildman–Crippen LogP) is 1.88. The predicted molar refractivity (Wildman–Crippen MR) is 70.7 cm³/mol. The molecule has 1 aromatic heterocycles. The fraction of sp³-hybridized carbons (Fsp3) is 0.250. The van der Waals surface area contributed by atoms with Crippen LogP contribution in [0.25, 0.3) is 0 Å². The second-order valence-corrected chi connectivity index (χ2v) is 6.14. The van der Waals surface area contributed by atoms with E-state index in [1.807, 2.05) is 0 Å². The van der Waals surface area contributed by atoms with E-state index in [0.29, 0.717) is 11.8 Å². The van der Waals surface area contributed by atoms with Gasteiger partial charge in [-0.15, -0.1) is 0 Å². The summed E-state index contributed by atoms with van der Waals surface area (Å²) in [4.78, 5) is 3.14. The highest BCUT2D eigenvalue weighted by Crippen LogP contribution is 2.23. The molecular weight excluding hydrogens is 304 g/mol. The van der Waals surface area contributed by atoms with Crippen molar-refractivity contribution in [3.05, 3.63) is 41.6 Å². The Balaban J connectivity index is 2.32. The molecule has 1 unspecified atom stereocenters. The first kappa shape index (κ1) is 15.4. The average molecular weight is 317 g/mol. The number of hydrogen-bond donors (Lipinski definition) is 2. The zero-order chi connectivity index (χ0) is 15.8. The van der Waals surface area contributed by atoms with E-state index in [2.05, 4.69) is 9.71 Å². The molecule has 0 amide bonds. The number of hydrogen-bond acceptors (Lipinski definition) is 5. The minimum atomic E-state index is -4.24. The molecule has 0 saturated heterocycles. The third-order valence-electron chi connectivity index (χ3n) is 2.68. The average Bonchev–Trinajstić information content (AvgIpc) is 2.80. The fourth-order valence-corrected chi connectivity index (χ4v) is 2.96. The van der Waals surface area contributed by atoms with Crippen molar-refractivity contribution in [2.24, 2.45) is 0 Å². The highest BCUT2D eigenvalue weighted by molar-refractivity contribution is 7.89. The Labute approximate surface area is 120 Å². The van der Waals surface area contributed by atoms with Gasteiger partial charge in [0.15, 0.2) is 0 Å². The van der Waals surface area contributed by atoms with Gasteiger partial charge in [-0.05, 0) is 19.9 Å². The number of oxazole rings is 1. The number of nitrogens with two attached hydrogens (primary N) is 1. The van der Waals surface area contributed by atoms with Gasteiger partial charge in [0.2, 0.25) is 15.9 Å². The lowest BCUT2D eigenvalue weighted by Gasteiger charge is -2.12. The number of anilines is 1. The van der Waals surface area contributed by atoms with E-state index in [-0.39, 0.29) is 5.89 Å². The zero-order valence-corrected chi connectivity index (χ0v) is 12.0. The monoisotopic (exact) mass is 317 g/mol. The minimum absolute atomic E-state index is 0.131. The van der Waals surface area contributed by atoms with Crippen molar-refractivity contribution in [3.63, 3.8) is 0 Å². The maximum Gasteiger partial charge on any atom is 0.244 e. The zero-order valence-electron chi connectivity index (χ0n) is 11.2. The van der Waals surface area contributed by atoms with Crippen molar-refractivity contribution >= 4 is 15.7 Å². The largest absolute Gasteiger partial charge is 0.444 e. The van der Waals surface area contributed by atoms with E-state index >= 15 is 0 Å². The van der Waals surface area contributed by atoms with Crippen LogP contribution in [0.15, 0.2) is 27.6 Å². The first-order valence-corrected chi connectivity index (χ1v) is 7.38. The first-order valence-electron chi connectivity index (χ1n) is 5.90. The number of rotatable bonds is 4. The molecule has 9 heteroatoms. The van der Waals surface area contributed by atoms with Gasteiger partial charge in [-0.3, -0.25) is 0 Å². The number of nitrogen functional groups attached to an aromatic ring is 1. The van der Waals surface area contributed by atoms with E-state index in [9.17, 15) is 17.2 Å². The second kappa shape index (κ2) is 5.41. The highest BCUT2D eigenvalue weighted by atomic mass is 32.2. The van der Waals surface area contributed by atoms with Crippen LogP contribution in [0, 0.1) is 18.6 Å². The van der Waals surface area contributed by atoms with E-state index in [1.165, 1.54) is 13.1 Å².